The number of nitrogens with two attached hydrogens (primary N) is 1. The van der Waals surface area contributed by atoms with Crippen LogP contribution in [0.3, 0.4) is 0 Å². The highest BCUT2D eigenvalue weighted by molar-refractivity contribution is 14.1. The summed E-state index contributed by atoms with van der Waals surface area (Å²) in [5.41, 5.74) is 6.32. The molecule has 0 saturated heterocycles. The molecule has 0 saturated carbocycles. The number of nitrogens with zero attached hydrogens (tertiary/aromatic N) is 3. The van der Waals surface area contributed by atoms with E-state index in [4.69, 9.17) is 17.3 Å². The molecular weight excluding hydrogens is 365 g/mol. The van der Waals surface area contributed by atoms with Gasteiger partial charge in [0.1, 0.15) is 0 Å². The standard InChI is InChI=1S/C9H7ClIN5.C2H6/c10-7-14-8(12)16-9(15-7)13-6-3-1-2-5(11)4-6;1-2/h1-4H,(H3,12,13,14,15,16);1-2H3. The molecule has 0 atom stereocenters. The van der Waals surface area contributed by atoms with Gasteiger partial charge in [-0.2, -0.15) is 15.0 Å². The minimum Gasteiger partial charge on any atom is -0.368 e. The van der Waals surface area contributed by atoms with Crippen molar-refractivity contribution >= 4 is 51.8 Å². The highest BCUT2D eigenvalue weighted by Gasteiger charge is 2.02. The van der Waals surface area contributed by atoms with Crippen LogP contribution in [0.4, 0.5) is 17.6 Å². The number of rotatable bonds is 2. The minimum absolute atomic E-state index is 0.0700. The lowest BCUT2D eigenvalue weighted by atomic mass is 10.3. The van der Waals surface area contributed by atoms with Gasteiger partial charge in [-0.05, 0) is 52.4 Å². The summed E-state index contributed by atoms with van der Waals surface area (Å²) in [6.07, 6.45) is 0. The van der Waals surface area contributed by atoms with Gasteiger partial charge in [0.25, 0.3) is 0 Å². The van der Waals surface area contributed by atoms with Crippen molar-refractivity contribution in [3.8, 4) is 0 Å². The van der Waals surface area contributed by atoms with Crippen LogP contribution in [-0.2, 0) is 0 Å². The zero-order valence-corrected chi connectivity index (χ0v) is 12.9. The monoisotopic (exact) mass is 377 g/mol. The molecule has 18 heavy (non-hydrogen) atoms. The first-order valence-corrected chi connectivity index (χ1v) is 6.79. The summed E-state index contributed by atoms with van der Waals surface area (Å²) in [4.78, 5) is 11.5. The molecule has 2 aromatic rings. The zero-order chi connectivity index (χ0) is 13.5. The maximum absolute atomic E-state index is 5.66. The Morgan fingerprint density at radius 2 is 1.94 bits per heavy atom. The van der Waals surface area contributed by atoms with Gasteiger partial charge in [-0.1, -0.05) is 19.9 Å². The van der Waals surface area contributed by atoms with Gasteiger partial charge in [-0.15, -0.1) is 0 Å². The van der Waals surface area contributed by atoms with E-state index in [0.29, 0.717) is 5.95 Å². The average Bonchev–Trinajstić information content (AvgIpc) is 2.30. The molecule has 0 amide bonds. The Bertz CT molecular complexity index is 500. The Morgan fingerprint density at radius 3 is 2.56 bits per heavy atom. The second kappa shape index (κ2) is 7.32. The molecular formula is C11H13ClIN5. The number of nitrogen functional groups attached to an aromatic ring is 1. The smallest absolute Gasteiger partial charge is 0.233 e. The normalized spacial score (nSPS) is 9.33. The summed E-state index contributed by atoms with van der Waals surface area (Å²) >= 11 is 7.88. The van der Waals surface area contributed by atoms with Crippen LogP contribution in [0.2, 0.25) is 5.28 Å². The lowest BCUT2D eigenvalue weighted by Gasteiger charge is -2.05. The third-order valence-electron chi connectivity index (χ3n) is 1.71. The summed E-state index contributed by atoms with van der Waals surface area (Å²) < 4.78 is 1.11. The second-order valence-corrected chi connectivity index (χ2v) is 4.51. The number of hydrogen-bond acceptors (Lipinski definition) is 5. The van der Waals surface area contributed by atoms with Crippen molar-refractivity contribution in [3.05, 3.63) is 33.1 Å². The predicted octanol–water partition coefficient (Wildman–Crippen LogP) is 3.48. The third kappa shape index (κ3) is 4.61. The van der Waals surface area contributed by atoms with E-state index < -0.39 is 0 Å². The highest BCUT2D eigenvalue weighted by Crippen LogP contribution is 2.17. The van der Waals surface area contributed by atoms with Crippen LogP contribution >= 0.6 is 34.2 Å². The van der Waals surface area contributed by atoms with Gasteiger partial charge in [0.05, 0.1) is 0 Å². The molecule has 5 nitrogen and oxygen atoms in total. The molecule has 96 valence electrons. The Kier molecular flexibility index (Phi) is 6.06. The molecule has 1 heterocycles. The quantitative estimate of drug-likeness (QED) is 0.784. The maximum Gasteiger partial charge on any atom is 0.233 e. The first-order chi connectivity index (χ1) is 8.63. The largest absolute Gasteiger partial charge is 0.368 e. The number of nitrogens with one attached hydrogen (secondary N) is 1. The van der Waals surface area contributed by atoms with Crippen LogP contribution in [0.1, 0.15) is 13.8 Å². The van der Waals surface area contributed by atoms with E-state index in [1.54, 1.807) is 0 Å². The Balaban J connectivity index is 0.000000771. The summed E-state index contributed by atoms with van der Waals surface area (Å²) in [7, 11) is 0. The van der Waals surface area contributed by atoms with E-state index in [9.17, 15) is 0 Å². The van der Waals surface area contributed by atoms with Crippen LogP contribution < -0.4 is 11.1 Å². The second-order valence-electron chi connectivity index (χ2n) is 2.92. The van der Waals surface area contributed by atoms with E-state index >= 15 is 0 Å². The molecule has 0 aliphatic carbocycles. The molecule has 0 bridgehead atoms. The van der Waals surface area contributed by atoms with Crippen LogP contribution in [0.25, 0.3) is 0 Å². The number of aromatic nitrogens is 3. The average molecular weight is 378 g/mol. The fourth-order valence-electron chi connectivity index (χ4n) is 1.12. The SMILES string of the molecule is CC.Nc1nc(Cl)nc(Nc2cccc(I)c2)n1. The van der Waals surface area contributed by atoms with Gasteiger partial charge in [0.2, 0.25) is 17.2 Å². The van der Waals surface area contributed by atoms with Gasteiger partial charge in [0.15, 0.2) is 0 Å². The Morgan fingerprint density at radius 1 is 1.22 bits per heavy atom. The van der Waals surface area contributed by atoms with Crippen LogP contribution in [0.5, 0.6) is 0 Å². The Hall–Kier alpha value is -1.15. The fraction of sp³-hybridized carbons (Fsp3) is 0.182. The molecule has 1 aromatic heterocycles. The molecule has 0 fully saturated rings. The predicted molar refractivity (Wildman–Crippen MR) is 83.0 cm³/mol. The molecule has 0 aliphatic heterocycles. The lowest BCUT2D eigenvalue weighted by Crippen LogP contribution is -2.03. The first-order valence-electron chi connectivity index (χ1n) is 5.33. The lowest BCUT2D eigenvalue weighted by molar-refractivity contribution is 1.07. The molecule has 0 aliphatic rings. The van der Waals surface area contributed by atoms with Crippen molar-refractivity contribution in [2.75, 3.05) is 11.1 Å². The van der Waals surface area contributed by atoms with Crippen LogP contribution in [0, 0.1) is 3.57 Å². The number of hydrogen-bond donors (Lipinski definition) is 2. The van der Waals surface area contributed by atoms with Crippen LogP contribution in [0.15, 0.2) is 24.3 Å². The number of benzene rings is 1. The number of halogens is 2. The minimum atomic E-state index is 0.0700. The van der Waals surface area contributed by atoms with Crippen LogP contribution in [-0.4, -0.2) is 15.0 Å². The third-order valence-corrected chi connectivity index (χ3v) is 2.55. The van der Waals surface area contributed by atoms with Gasteiger partial charge in [-0.3, -0.25) is 0 Å². The van der Waals surface area contributed by atoms with Gasteiger partial charge in [0, 0.05) is 9.26 Å². The Labute approximate surface area is 124 Å². The summed E-state index contributed by atoms with van der Waals surface area (Å²) in [5, 5.41) is 3.06. The van der Waals surface area contributed by atoms with Crippen molar-refractivity contribution in [1.82, 2.24) is 15.0 Å². The molecule has 3 N–H and O–H groups in total. The van der Waals surface area contributed by atoms with Crippen molar-refractivity contribution in [2.24, 2.45) is 0 Å². The van der Waals surface area contributed by atoms with E-state index in [2.05, 4.69) is 42.9 Å². The van der Waals surface area contributed by atoms with Gasteiger partial charge in [-0.25, -0.2) is 0 Å². The maximum atomic E-state index is 5.66. The molecule has 0 unspecified atom stereocenters. The molecule has 0 spiro atoms. The summed E-state index contributed by atoms with van der Waals surface area (Å²) in [5.74, 6) is 0.424. The van der Waals surface area contributed by atoms with E-state index in [1.807, 2.05) is 38.1 Å². The van der Waals surface area contributed by atoms with E-state index in [-0.39, 0.29) is 11.2 Å². The molecule has 7 heteroatoms. The van der Waals surface area contributed by atoms with Gasteiger partial charge < -0.3 is 11.1 Å². The summed E-state index contributed by atoms with van der Waals surface area (Å²) in [6, 6.07) is 7.77. The molecule has 2 rings (SSSR count). The van der Waals surface area contributed by atoms with E-state index in [0.717, 1.165) is 9.26 Å². The van der Waals surface area contributed by atoms with Crippen molar-refractivity contribution < 1.29 is 0 Å². The van der Waals surface area contributed by atoms with Crippen molar-refractivity contribution in [2.45, 2.75) is 13.8 Å². The van der Waals surface area contributed by atoms with Crippen molar-refractivity contribution in [3.63, 3.8) is 0 Å². The van der Waals surface area contributed by atoms with Crippen molar-refractivity contribution in [1.29, 1.82) is 0 Å². The fourth-order valence-corrected chi connectivity index (χ4v) is 1.83. The first kappa shape index (κ1) is 14.9. The van der Waals surface area contributed by atoms with E-state index in [1.165, 1.54) is 0 Å². The molecule has 0 radical (unpaired) electrons. The highest BCUT2D eigenvalue weighted by atomic mass is 127. The number of anilines is 3. The van der Waals surface area contributed by atoms with Gasteiger partial charge >= 0.3 is 0 Å². The molecule has 1 aromatic carbocycles. The zero-order valence-electron chi connectivity index (χ0n) is 9.98. The topological polar surface area (TPSA) is 76.7 Å². The summed E-state index contributed by atoms with van der Waals surface area (Å²) in [6.45, 7) is 4.00.